The minimum Gasteiger partial charge on any atom is -0.449 e. The van der Waals surface area contributed by atoms with Crippen molar-refractivity contribution in [1.29, 1.82) is 0 Å². The molecule has 0 saturated carbocycles. The molecular formula is C24H26N4O4. The summed E-state index contributed by atoms with van der Waals surface area (Å²) in [7, 11) is 0. The Morgan fingerprint density at radius 2 is 1.75 bits per heavy atom. The van der Waals surface area contributed by atoms with Gasteiger partial charge in [0, 0.05) is 29.9 Å². The topological polar surface area (TPSA) is 131 Å². The van der Waals surface area contributed by atoms with Gasteiger partial charge in [0.05, 0.1) is 6.10 Å². The van der Waals surface area contributed by atoms with Crippen LogP contribution in [0.4, 0.5) is 10.7 Å². The smallest absolute Gasteiger partial charge is 0.407 e. The molecule has 0 saturated heterocycles. The zero-order chi connectivity index (χ0) is 22.7. The first-order valence-corrected chi connectivity index (χ1v) is 10.5. The van der Waals surface area contributed by atoms with Crippen LogP contribution in [0.1, 0.15) is 40.8 Å². The number of nitrogens with two attached hydrogens (primary N) is 1. The van der Waals surface area contributed by atoms with Gasteiger partial charge in [-0.1, -0.05) is 48.5 Å². The monoisotopic (exact) mass is 434 g/mol. The van der Waals surface area contributed by atoms with Crippen molar-refractivity contribution >= 4 is 12.0 Å². The van der Waals surface area contributed by atoms with E-state index in [2.05, 4.69) is 39.6 Å². The molecular weight excluding hydrogens is 408 g/mol. The Kier molecular flexibility index (Phi) is 6.34. The molecule has 0 aliphatic heterocycles. The average Bonchev–Trinajstić information content (AvgIpc) is 3.11. The average molecular weight is 434 g/mol. The van der Waals surface area contributed by atoms with Gasteiger partial charge in [-0.2, -0.15) is 0 Å². The van der Waals surface area contributed by atoms with Crippen LogP contribution in [0.15, 0.2) is 54.7 Å². The molecule has 1 aliphatic carbocycles. The highest BCUT2D eigenvalue weighted by Crippen LogP contribution is 2.44. The van der Waals surface area contributed by atoms with Crippen molar-refractivity contribution in [2.75, 3.05) is 18.9 Å². The molecule has 1 amide bonds. The van der Waals surface area contributed by atoms with Crippen molar-refractivity contribution in [2.24, 2.45) is 0 Å². The number of aryl methyl sites for hydroxylation is 1. The van der Waals surface area contributed by atoms with E-state index >= 15 is 0 Å². The van der Waals surface area contributed by atoms with Crippen LogP contribution in [-0.4, -0.2) is 45.5 Å². The molecule has 166 valence electrons. The third-order valence-electron chi connectivity index (χ3n) is 5.77. The summed E-state index contributed by atoms with van der Waals surface area (Å²) in [5, 5.41) is 23.2. The summed E-state index contributed by atoms with van der Waals surface area (Å²) in [6.07, 6.45) is -1.32. The van der Waals surface area contributed by atoms with Crippen molar-refractivity contribution < 1.29 is 19.7 Å². The Labute approximate surface area is 186 Å². The SMILES string of the molecule is Cc1nc(N)ncc1C(O)C(O)CCNC(=O)OCC1c2ccccc2-c2ccccc21. The zero-order valence-corrected chi connectivity index (χ0v) is 17.7. The number of anilines is 1. The van der Waals surface area contributed by atoms with E-state index < -0.39 is 18.3 Å². The molecule has 4 rings (SSSR count). The lowest BCUT2D eigenvalue weighted by atomic mass is 9.98. The number of amides is 1. The number of ether oxygens (including phenoxy) is 1. The van der Waals surface area contributed by atoms with Gasteiger partial charge in [-0.25, -0.2) is 14.8 Å². The molecule has 32 heavy (non-hydrogen) atoms. The number of aliphatic hydroxyl groups excluding tert-OH is 2. The van der Waals surface area contributed by atoms with Gasteiger partial charge in [-0.15, -0.1) is 0 Å². The largest absolute Gasteiger partial charge is 0.449 e. The summed E-state index contributed by atoms with van der Waals surface area (Å²) in [5.41, 5.74) is 11.0. The molecule has 5 N–H and O–H groups in total. The number of rotatable bonds is 7. The molecule has 1 heterocycles. The van der Waals surface area contributed by atoms with Crippen molar-refractivity contribution in [2.45, 2.75) is 31.5 Å². The second kappa shape index (κ2) is 9.33. The molecule has 2 unspecified atom stereocenters. The molecule has 0 fully saturated rings. The van der Waals surface area contributed by atoms with E-state index in [0.717, 1.165) is 22.3 Å². The summed E-state index contributed by atoms with van der Waals surface area (Å²) in [4.78, 5) is 20.1. The van der Waals surface area contributed by atoms with Gasteiger partial charge in [0.2, 0.25) is 5.95 Å². The molecule has 0 radical (unpaired) electrons. The van der Waals surface area contributed by atoms with E-state index in [-0.39, 0.29) is 31.4 Å². The summed E-state index contributed by atoms with van der Waals surface area (Å²) < 4.78 is 5.47. The fraction of sp³-hybridized carbons (Fsp3) is 0.292. The number of carbonyl (C=O) groups is 1. The maximum absolute atomic E-state index is 12.2. The van der Waals surface area contributed by atoms with Crippen LogP contribution in [0.2, 0.25) is 0 Å². The second-order valence-electron chi connectivity index (χ2n) is 7.82. The second-order valence-corrected chi connectivity index (χ2v) is 7.82. The highest BCUT2D eigenvalue weighted by Gasteiger charge is 2.29. The fourth-order valence-electron chi connectivity index (χ4n) is 4.12. The predicted molar refractivity (Wildman–Crippen MR) is 120 cm³/mol. The van der Waals surface area contributed by atoms with Gasteiger partial charge < -0.3 is 26.0 Å². The lowest BCUT2D eigenvalue weighted by Gasteiger charge is -2.19. The molecule has 2 aromatic carbocycles. The minimum absolute atomic E-state index is 0.0194. The highest BCUT2D eigenvalue weighted by atomic mass is 16.5. The van der Waals surface area contributed by atoms with Crippen LogP contribution >= 0.6 is 0 Å². The van der Waals surface area contributed by atoms with Gasteiger partial charge in [0.15, 0.2) is 0 Å². The van der Waals surface area contributed by atoms with Crippen LogP contribution in [0.25, 0.3) is 11.1 Å². The Morgan fingerprint density at radius 3 is 2.38 bits per heavy atom. The molecule has 8 nitrogen and oxygen atoms in total. The van der Waals surface area contributed by atoms with E-state index in [1.807, 2.05) is 24.3 Å². The number of nitrogens with one attached hydrogen (secondary N) is 1. The number of fused-ring (bicyclic) bond motifs is 3. The minimum atomic E-state index is -1.18. The predicted octanol–water partition coefficient (Wildman–Crippen LogP) is 2.69. The van der Waals surface area contributed by atoms with Crippen LogP contribution in [0.3, 0.4) is 0 Å². The number of carbonyl (C=O) groups excluding carboxylic acids is 1. The fourth-order valence-corrected chi connectivity index (χ4v) is 4.12. The maximum atomic E-state index is 12.2. The van der Waals surface area contributed by atoms with E-state index in [1.54, 1.807) is 6.92 Å². The standard InChI is InChI=1S/C24H26N4O4/c1-14-19(12-27-23(25)28-14)22(30)21(29)10-11-26-24(31)32-13-20-17-8-4-2-6-15(17)16-7-3-5-9-18(16)20/h2-9,12,20-22,29-30H,10-11,13H2,1H3,(H,26,31)(H2,25,27,28). The number of aromatic nitrogens is 2. The number of hydrogen-bond donors (Lipinski definition) is 4. The van der Waals surface area contributed by atoms with Crippen molar-refractivity contribution in [1.82, 2.24) is 15.3 Å². The Morgan fingerprint density at radius 1 is 1.12 bits per heavy atom. The van der Waals surface area contributed by atoms with E-state index in [9.17, 15) is 15.0 Å². The molecule has 2 atom stereocenters. The van der Waals surface area contributed by atoms with Gasteiger partial charge in [0.25, 0.3) is 0 Å². The number of benzene rings is 2. The molecule has 0 bridgehead atoms. The molecule has 1 aromatic heterocycles. The van der Waals surface area contributed by atoms with E-state index in [4.69, 9.17) is 10.5 Å². The van der Waals surface area contributed by atoms with Gasteiger partial charge in [-0.05, 0) is 35.6 Å². The van der Waals surface area contributed by atoms with E-state index in [0.29, 0.717) is 11.3 Å². The Balaban J connectivity index is 1.29. The van der Waals surface area contributed by atoms with Crippen molar-refractivity contribution in [3.63, 3.8) is 0 Å². The van der Waals surface area contributed by atoms with Crippen LogP contribution in [0.5, 0.6) is 0 Å². The van der Waals surface area contributed by atoms with Crippen molar-refractivity contribution in [3.8, 4) is 11.1 Å². The summed E-state index contributed by atoms with van der Waals surface area (Å²) in [5.74, 6) is 0.0823. The van der Waals surface area contributed by atoms with Gasteiger partial charge >= 0.3 is 6.09 Å². The van der Waals surface area contributed by atoms with Gasteiger partial charge in [-0.3, -0.25) is 0 Å². The number of nitrogens with zero attached hydrogens (tertiary/aromatic N) is 2. The maximum Gasteiger partial charge on any atom is 0.407 e. The molecule has 1 aliphatic rings. The lowest BCUT2D eigenvalue weighted by Crippen LogP contribution is -2.31. The molecule has 0 spiro atoms. The zero-order valence-electron chi connectivity index (χ0n) is 17.7. The molecule has 8 heteroatoms. The quantitative estimate of drug-likeness (QED) is 0.450. The Bertz CT molecular complexity index is 1080. The summed E-state index contributed by atoms with van der Waals surface area (Å²) in [6.45, 7) is 2.04. The number of aliphatic hydroxyl groups is 2. The van der Waals surface area contributed by atoms with E-state index in [1.165, 1.54) is 6.20 Å². The number of hydrogen-bond acceptors (Lipinski definition) is 7. The summed E-state index contributed by atoms with van der Waals surface area (Å²) >= 11 is 0. The van der Waals surface area contributed by atoms with Crippen LogP contribution in [0, 0.1) is 6.92 Å². The van der Waals surface area contributed by atoms with Crippen molar-refractivity contribution in [3.05, 3.63) is 77.1 Å². The van der Waals surface area contributed by atoms with Gasteiger partial charge in [0.1, 0.15) is 12.7 Å². The third kappa shape index (κ3) is 4.42. The van der Waals surface area contributed by atoms with Crippen LogP contribution < -0.4 is 11.1 Å². The number of alkyl carbamates (subject to hydrolysis) is 1. The third-order valence-corrected chi connectivity index (χ3v) is 5.77. The highest BCUT2D eigenvalue weighted by molar-refractivity contribution is 5.79. The van der Waals surface area contributed by atoms with Crippen LogP contribution in [-0.2, 0) is 4.74 Å². The first-order valence-electron chi connectivity index (χ1n) is 10.5. The normalized spacial score (nSPS) is 14.3. The first kappa shape index (κ1) is 21.7. The summed E-state index contributed by atoms with van der Waals surface area (Å²) in [6, 6.07) is 16.2. The number of nitrogen functional groups attached to an aromatic ring is 1. The molecule has 3 aromatic rings. The Hall–Kier alpha value is -3.49. The first-order chi connectivity index (χ1) is 15.5. The lowest BCUT2D eigenvalue weighted by molar-refractivity contribution is 0.0129.